The zero-order valence-electron chi connectivity index (χ0n) is 14.5. The van der Waals surface area contributed by atoms with Crippen LogP contribution in [0.5, 0.6) is 5.75 Å². The van der Waals surface area contributed by atoms with Crippen LogP contribution in [0.25, 0.3) is 0 Å². The van der Waals surface area contributed by atoms with Gasteiger partial charge in [-0.1, -0.05) is 18.2 Å². The van der Waals surface area contributed by atoms with Crippen molar-refractivity contribution in [1.82, 2.24) is 0 Å². The van der Waals surface area contributed by atoms with E-state index in [0.717, 1.165) is 11.3 Å². The summed E-state index contributed by atoms with van der Waals surface area (Å²) in [4.78, 5) is 24.0. The van der Waals surface area contributed by atoms with Crippen molar-refractivity contribution >= 4 is 23.2 Å². The maximum absolute atomic E-state index is 12.5. The van der Waals surface area contributed by atoms with Gasteiger partial charge in [0.2, 0.25) is 11.8 Å². The maximum atomic E-state index is 12.5. The molecule has 0 radical (unpaired) electrons. The lowest BCUT2D eigenvalue weighted by Gasteiger charge is -2.14. The van der Waals surface area contributed by atoms with Crippen LogP contribution in [-0.2, 0) is 14.3 Å². The molecule has 0 saturated heterocycles. The Morgan fingerprint density at radius 1 is 1.00 bits per heavy atom. The number of carbonyl (C=O) groups is 2. The molecule has 1 unspecified atom stereocenters. The number of hydrogen-bond acceptors (Lipinski definition) is 4. The normalized spacial score (nSPS) is 11.5. The highest BCUT2D eigenvalue weighted by atomic mass is 16.5. The molecular formula is C19H22N2O4. The van der Waals surface area contributed by atoms with E-state index in [9.17, 15) is 9.59 Å². The molecule has 0 saturated carbocycles. The Balaban J connectivity index is 2.02. The molecule has 2 aromatic carbocycles. The van der Waals surface area contributed by atoms with Crippen LogP contribution in [0, 0.1) is 0 Å². The van der Waals surface area contributed by atoms with Gasteiger partial charge in [-0.05, 0) is 42.8 Å². The lowest BCUT2D eigenvalue weighted by Crippen LogP contribution is -2.19. The second-order valence-electron chi connectivity index (χ2n) is 5.55. The number of benzene rings is 2. The Hall–Kier alpha value is -2.86. The van der Waals surface area contributed by atoms with Crippen molar-refractivity contribution in [3.05, 3.63) is 54.1 Å². The number of anilines is 2. The minimum absolute atomic E-state index is 0.0227. The molecule has 0 aliphatic heterocycles. The molecule has 0 aliphatic carbocycles. The first kappa shape index (κ1) is 18.5. The van der Waals surface area contributed by atoms with Gasteiger partial charge in [0.15, 0.2) is 0 Å². The van der Waals surface area contributed by atoms with Crippen LogP contribution < -0.4 is 15.4 Å². The summed E-state index contributed by atoms with van der Waals surface area (Å²) < 4.78 is 9.90. The summed E-state index contributed by atoms with van der Waals surface area (Å²) in [5.74, 6) is 0.0385. The number of nitrogens with one attached hydrogen (secondary N) is 2. The van der Waals surface area contributed by atoms with Crippen molar-refractivity contribution in [2.75, 3.05) is 31.5 Å². The van der Waals surface area contributed by atoms with Crippen molar-refractivity contribution < 1.29 is 19.1 Å². The van der Waals surface area contributed by atoms with Gasteiger partial charge in [-0.15, -0.1) is 0 Å². The van der Waals surface area contributed by atoms with Crippen molar-refractivity contribution in [1.29, 1.82) is 0 Å². The van der Waals surface area contributed by atoms with E-state index in [0.29, 0.717) is 11.4 Å². The van der Waals surface area contributed by atoms with Crippen molar-refractivity contribution in [3.8, 4) is 5.75 Å². The summed E-state index contributed by atoms with van der Waals surface area (Å²) in [6.07, 6.45) is 0. The summed E-state index contributed by atoms with van der Waals surface area (Å²) in [5, 5.41) is 5.56. The number of amides is 2. The first-order chi connectivity index (χ1) is 12.0. The van der Waals surface area contributed by atoms with Crippen LogP contribution in [-0.4, -0.2) is 32.6 Å². The summed E-state index contributed by atoms with van der Waals surface area (Å²) >= 11 is 0. The van der Waals surface area contributed by atoms with E-state index in [1.165, 1.54) is 7.11 Å². The zero-order chi connectivity index (χ0) is 18.2. The van der Waals surface area contributed by atoms with Gasteiger partial charge in [-0.3, -0.25) is 9.59 Å². The third-order valence-electron chi connectivity index (χ3n) is 3.70. The largest absolute Gasteiger partial charge is 0.497 e. The van der Waals surface area contributed by atoms with E-state index >= 15 is 0 Å². The molecule has 0 fully saturated rings. The molecule has 0 heterocycles. The van der Waals surface area contributed by atoms with Gasteiger partial charge < -0.3 is 20.1 Å². The molecule has 0 aromatic heterocycles. The highest BCUT2D eigenvalue weighted by Gasteiger charge is 2.15. The van der Waals surface area contributed by atoms with Crippen LogP contribution >= 0.6 is 0 Å². The number of carbonyl (C=O) groups excluding carboxylic acids is 2. The molecule has 6 nitrogen and oxygen atoms in total. The van der Waals surface area contributed by atoms with E-state index in [4.69, 9.17) is 9.47 Å². The van der Waals surface area contributed by atoms with Crippen LogP contribution in [0.15, 0.2) is 48.5 Å². The molecule has 2 rings (SSSR count). The van der Waals surface area contributed by atoms with E-state index in [-0.39, 0.29) is 24.3 Å². The van der Waals surface area contributed by atoms with Crippen molar-refractivity contribution in [2.24, 2.45) is 0 Å². The summed E-state index contributed by atoms with van der Waals surface area (Å²) in [6, 6.07) is 14.4. The van der Waals surface area contributed by atoms with Crippen LogP contribution in [0.2, 0.25) is 0 Å². The molecule has 0 spiro atoms. The molecule has 2 amide bonds. The molecule has 25 heavy (non-hydrogen) atoms. The third kappa shape index (κ3) is 5.32. The van der Waals surface area contributed by atoms with Gasteiger partial charge in [0.25, 0.3) is 0 Å². The van der Waals surface area contributed by atoms with Crippen LogP contribution in [0.4, 0.5) is 11.4 Å². The monoisotopic (exact) mass is 342 g/mol. The average molecular weight is 342 g/mol. The SMILES string of the molecule is COCC(=O)Nc1cccc(NC(=O)C(C)c2ccc(OC)cc2)c1. The van der Waals surface area contributed by atoms with Gasteiger partial charge in [-0.2, -0.15) is 0 Å². The van der Waals surface area contributed by atoms with E-state index in [2.05, 4.69) is 10.6 Å². The van der Waals surface area contributed by atoms with Crippen LogP contribution in [0.3, 0.4) is 0 Å². The smallest absolute Gasteiger partial charge is 0.250 e. The molecule has 132 valence electrons. The highest BCUT2D eigenvalue weighted by Crippen LogP contribution is 2.22. The van der Waals surface area contributed by atoms with E-state index in [1.807, 2.05) is 31.2 Å². The van der Waals surface area contributed by atoms with Gasteiger partial charge in [0, 0.05) is 18.5 Å². The Morgan fingerprint density at radius 2 is 1.64 bits per heavy atom. The third-order valence-corrected chi connectivity index (χ3v) is 3.70. The van der Waals surface area contributed by atoms with Gasteiger partial charge in [0.05, 0.1) is 13.0 Å². The number of methoxy groups -OCH3 is 2. The lowest BCUT2D eigenvalue weighted by molar-refractivity contribution is -0.119. The van der Waals surface area contributed by atoms with Gasteiger partial charge in [-0.25, -0.2) is 0 Å². The number of rotatable bonds is 7. The highest BCUT2D eigenvalue weighted by molar-refractivity contribution is 5.97. The Bertz CT molecular complexity index is 728. The Kier molecular flexibility index (Phi) is 6.54. The predicted molar refractivity (Wildman–Crippen MR) is 97.0 cm³/mol. The van der Waals surface area contributed by atoms with E-state index in [1.54, 1.807) is 31.4 Å². The second kappa shape index (κ2) is 8.84. The Labute approximate surface area is 147 Å². The fourth-order valence-corrected chi connectivity index (χ4v) is 2.30. The van der Waals surface area contributed by atoms with Crippen molar-refractivity contribution in [3.63, 3.8) is 0 Å². The van der Waals surface area contributed by atoms with E-state index < -0.39 is 0 Å². The fraction of sp³-hybridized carbons (Fsp3) is 0.263. The molecule has 1 atom stereocenters. The molecular weight excluding hydrogens is 320 g/mol. The molecule has 2 N–H and O–H groups in total. The minimum atomic E-state index is -0.322. The van der Waals surface area contributed by atoms with Crippen molar-refractivity contribution in [2.45, 2.75) is 12.8 Å². The predicted octanol–water partition coefficient (Wildman–Crippen LogP) is 3.02. The quantitative estimate of drug-likeness (QED) is 0.811. The summed E-state index contributed by atoms with van der Waals surface area (Å²) in [5.41, 5.74) is 2.10. The molecule has 0 aliphatic rings. The number of hydrogen-bond donors (Lipinski definition) is 2. The molecule has 2 aromatic rings. The minimum Gasteiger partial charge on any atom is -0.497 e. The lowest BCUT2D eigenvalue weighted by atomic mass is 10.00. The van der Waals surface area contributed by atoms with Crippen LogP contribution in [0.1, 0.15) is 18.4 Å². The number of ether oxygens (including phenoxy) is 2. The summed E-state index contributed by atoms with van der Waals surface area (Å²) in [7, 11) is 3.06. The summed E-state index contributed by atoms with van der Waals surface area (Å²) in [6.45, 7) is 1.81. The maximum Gasteiger partial charge on any atom is 0.250 e. The van der Waals surface area contributed by atoms with Gasteiger partial charge in [0.1, 0.15) is 12.4 Å². The zero-order valence-corrected chi connectivity index (χ0v) is 14.5. The second-order valence-corrected chi connectivity index (χ2v) is 5.55. The molecule has 6 heteroatoms. The first-order valence-electron chi connectivity index (χ1n) is 7.87. The van der Waals surface area contributed by atoms with Gasteiger partial charge >= 0.3 is 0 Å². The topological polar surface area (TPSA) is 76.7 Å². The fourth-order valence-electron chi connectivity index (χ4n) is 2.30. The first-order valence-corrected chi connectivity index (χ1v) is 7.87. The molecule has 0 bridgehead atoms. The Morgan fingerprint density at radius 3 is 2.24 bits per heavy atom. The standard InChI is InChI=1S/C19H22N2O4/c1-13(14-7-9-17(25-3)10-8-14)19(23)21-16-6-4-5-15(11-16)20-18(22)12-24-2/h4-11,13H,12H2,1-3H3,(H,20,22)(H,21,23). The average Bonchev–Trinajstić information content (AvgIpc) is 2.61.